The number of nitrogens with zero attached hydrogens (tertiary/aromatic N) is 4. The van der Waals surface area contributed by atoms with E-state index < -0.39 is 20.3 Å². The molecule has 8 nitrogen and oxygen atoms in total. The third kappa shape index (κ3) is 4.34. The lowest BCUT2D eigenvalue weighted by Gasteiger charge is -2.36. The minimum absolute atomic E-state index is 0.00855. The van der Waals surface area contributed by atoms with E-state index >= 15 is 0 Å². The third-order valence-electron chi connectivity index (χ3n) is 5.79. The van der Waals surface area contributed by atoms with E-state index in [-0.39, 0.29) is 22.7 Å². The molecule has 176 valence electrons. The van der Waals surface area contributed by atoms with Crippen molar-refractivity contribution in [2.24, 2.45) is 0 Å². The SMILES string of the molecule is Cc1ccc(S(=O)(=O)/C(C#N)=C/c2c(N3C[C@@H](C)O[C@@H](C)C3)nc3c(C)cccn3c2=O)cc1. The van der Waals surface area contributed by atoms with Crippen LogP contribution in [0.25, 0.3) is 11.7 Å². The minimum Gasteiger partial charge on any atom is -0.372 e. The Balaban J connectivity index is 1.97. The molecule has 0 amide bonds. The third-order valence-corrected chi connectivity index (χ3v) is 7.47. The lowest BCUT2D eigenvalue weighted by molar-refractivity contribution is -0.00546. The van der Waals surface area contributed by atoms with Crippen LogP contribution in [-0.4, -0.2) is 43.1 Å². The van der Waals surface area contributed by atoms with Crippen molar-refractivity contribution in [2.45, 2.75) is 44.8 Å². The van der Waals surface area contributed by atoms with Crippen molar-refractivity contribution < 1.29 is 13.2 Å². The Morgan fingerprint density at radius 1 is 1.15 bits per heavy atom. The second kappa shape index (κ2) is 9.05. The fraction of sp³-hybridized carbons (Fsp3) is 0.320. The highest BCUT2D eigenvalue weighted by Gasteiger charge is 2.28. The first-order valence-electron chi connectivity index (χ1n) is 11.0. The molecule has 0 N–H and O–H groups in total. The number of allylic oxidation sites excluding steroid dienone is 1. The average molecular weight is 479 g/mol. The molecular weight excluding hydrogens is 452 g/mol. The first-order valence-corrected chi connectivity index (χ1v) is 12.5. The summed E-state index contributed by atoms with van der Waals surface area (Å²) in [4.78, 5) is 19.7. The number of sulfone groups is 1. The first kappa shape index (κ1) is 23.7. The number of benzene rings is 1. The summed E-state index contributed by atoms with van der Waals surface area (Å²) in [5.41, 5.74) is 1.79. The van der Waals surface area contributed by atoms with Crippen LogP contribution in [0, 0.1) is 25.2 Å². The van der Waals surface area contributed by atoms with Gasteiger partial charge in [-0.2, -0.15) is 5.26 Å². The molecule has 9 heteroatoms. The monoisotopic (exact) mass is 478 g/mol. The molecule has 1 aliphatic heterocycles. The highest BCUT2D eigenvalue weighted by Crippen LogP contribution is 2.27. The zero-order chi connectivity index (χ0) is 24.6. The minimum atomic E-state index is -4.13. The van der Waals surface area contributed by atoms with E-state index in [1.807, 2.05) is 38.7 Å². The zero-order valence-electron chi connectivity index (χ0n) is 19.5. The van der Waals surface area contributed by atoms with Gasteiger partial charge in [-0.15, -0.1) is 0 Å². The number of aromatic nitrogens is 2. The van der Waals surface area contributed by atoms with Gasteiger partial charge >= 0.3 is 0 Å². The fourth-order valence-corrected chi connectivity index (χ4v) is 5.31. The van der Waals surface area contributed by atoms with Crippen LogP contribution in [0.3, 0.4) is 0 Å². The van der Waals surface area contributed by atoms with Gasteiger partial charge in [-0.1, -0.05) is 23.8 Å². The molecule has 0 spiro atoms. The standard InChI is InChI=1S/C25H26N4O4S/c1-16-7-9-20(10-8-16)34(31,32)21(13-26)12-22-24(28-14-18(3)33-19(4)15-28)27-23-17(2)6-5-11-29(23)25(22)30/h5-12,18-19H,14-15H2,1-4H3/b21-12+/t18-,19+. The van der Waals surface area contributed by atoms with E-state index in [1.165, 1.54) is 16.5 Å². The van der Waals surface area contributed by atoms with Gasteiger partial charge in [-0.25, -0.2) is 13.4 Å². The van der Waals surface area contributed by atoms with Crippen LogP contribution in [0.1, 0.15) is 30.5 Å². The average Bonchev–Trinajstić information content (AvgIpc) is 2.78. The van der Waals surface area contributed by atoms with Crippen LogP contribution < -0.4 is 10.5 Å². The van der Waals surface area contributed by atoms with Crippen molar-refractivity contribution in [3.63, 3.8) is 0 Å². The molecule has 0 aliphatic carbocycles. The molecule has 3 aromatic rings. The molecular formula is C25H26N4O4S. The van der Waals surface area contributed by atoms with Crippen molar-refractivity contribution in [3.8, 4) is 6.07 Å². The van der Waals surface area contributed by atoms with Gasteiger partial charge in [0, 0.05) is 19.3 Å². The summed E-state index contributed by atoms with van der Waals surface area (Å²) in [7, 11) is -4.13. The van der Waals surface area contributed by atoms with Gasteiger partial charge in [0.25, 0.3) is 5.56 Å². The fourth-order valence-electron chi connectivity index (χ4n) is 4.16. The molecule has 0 unspecified atom stereocenters. The van der Waals surface area contributed by atoms with Crippen LogP contribution in [0.4, 0.5) is 5.82 Å². The lowest BCUT2D eigenvalue weighted by atomic mass is 10.1. The second-order valence-electron chi connectivity index (χ2n) is 8.64. The first-order chi connectivity index (χ1) is 16.1. The van der Waals surface area contributed by atoms with Crippen LogP contribution >= 0.6 is 0 Å². The number of hydrogen-bond acceptors (Lipinski definition) is 7. The van der Waals surface area contributed by atoms with E-state index in [2.05, 4.69) is 0 Å². The van der Waals surface area contributed by atoms with Crippen LogP contribution in [-0.2, 0) is 14.6 Å². The maximum absolute atomic E-state index is 13.6. The lowest BCUT2D eigenvalue weighted by Crippen LogP contribution is -2.46. The summed E-state index contributed by atoms with van der Waals surface area (Å²) in [6.07, 6.45) is 2.53. The molecule has 1 aromatic carbocycles. The quantitative estimate of drug-likeness (QED) is 0.530. The summed E-state index contributed by atoms with van der Waals surface area (Å²) in [5, 5.41) is 9.81. The summed E-state index contributed by atoms with van der Waals surface area (Å²) >= 11 is 0. The number of morpholine rings is 1. The van der Waals surface area contributed by atoms with Crippen molar-refractivity contribution in [1.29, 1.82) is 5.26 Å². The van der Waals surface area contributed by atoms with Gasteiger partial charge in [0.2, 0.25) is 9.84 Å². The predicted octanol–water partition coefficient (Wildman–Crippen LogP) is 3.26. The number of anilines is 1. The Morgan fingerprint density at radius 2 is 1.79 bits per heavy atom. The van der Waals surface area contributed by atoms with Gasteiger partial charge in [-0.3, -0.25) is 9.20 Å². The summed E-state index contributed by atoms with van der Waals surface area (Å²) in [6, 6.07) is 11.6. The topological polar surface area (TPSA) is 105 Å². The summed E-state index contributed by atoms with van der Waals surface area (Å²) in [6.45, 7) is 8.52. The van der Waals surface area contributed by atoms with Crippen molar-refractivity contribution >= 4 is 27.4 Å². The van der Waals surface area contributed by atoms with Crippen LogP contribution in [0.5, 0.6) is 0 Å². The largest absolute Gasteiger partial charge is 0.372 e. The number of nitriles is 1. The van der Waals surface area contributed by atoms with Crippen molar-refractivity contribution in [1.82, 2.24) is 9.38 Å². The van der Waals surface area contributed by atoms with E-state index in [9.17, 15) is 18.5 Å². The molecule has 4 rings (SSSR count). The van der Waals surface area contributed by atoms with Gasteiger partial charge < -0.3 is 9.64 Å². The maximum atomic E-state index is 13.6. The Kier molecular flexibility index (Phi) is 6.30. The van der Waals surface area contributed by atoms with E-state index in [4.69, 9.17) is 9.72 Å². The number of aryl methyl sites for hydroxylation is 2. The van der Waals surface area contributed by atoms with Gasteiger partial charge in [-0.05, 0) is 57.5 Å². The number of rotatable bonds is 4. The van der Waals surface area contributed by atoms with E-state index in [0.717, 1.165) is 17.2 Å². The van der Waals surface area contributed by atoms with E-state index in [0.29, 0.717) is 24.6 Å². The maximum Gasteiger partial charge on any atom is 0.267 e. The van der Waals surface area contributed by atoms with Crippen LogP contribution in [0.15, 0.2) is 57.2 Å². The number of fused-ring (bicyclic) bond motifs is 1. The Labute approximate surface area is 198 Å². The Morgan fingerprint density at radius 3 is 2.41 bits per heavy atom. The Hall–Kier alpha value is -3.48. The molecule has 2 aromatic heterocycles. The molecule has 0 bridgehead atoms. The van der Waals surface area contributed by atoms with Crippen LogP contribution in [0.2, 0.25) is 0 Å². The Bertz CT molecular complexity index is 1470. The normalized spacial score (nSPS) is 19.3. The number of hydrogen-bond donors (Lipinski definition) is 0. The molecule has 1 aliphatic rings. The van der Waals surface area contributed by atoms with Gasteiger partial charge in [0.1, 0.15) is 22.4 Å². The van der Waals surface area contributed by atoms with E-state index in [1.54, 1.807) is 30.5 Å². The molecule has 0 saturated carbocycles. The highest BCUT2D eigenvalue weighted by atomic mass is 32.2. The zero-order valence-corrected chi connectivity index (χ0v) is 20.3. The molecule has 34 heavy (non-hydrogen) atoms. The number of pyridine rings is 1. The summed E-state index contributed by atoms with van der Waals surface area (Å²) in [5.74, 6) is 0.341. The van der Waals surface area contributed by atoms with Crippen molar-refractivity contribution in [2.75, 3.05) is 18.0 Å². The van der Waals surface area contributed by atoms with Gasteiger partial charge in [0.05, 0.1) is 22.7 Å². The summed E-state index contributed by atoms with van der Waals surface area (Å²) < 4.78 is 33.7. The molecule has 0 radical (unpaired) electrons. The smallest absolute Gasteiger partial charge is 0.267 e. The predicted molar refractivity (Wildman–Crippen MR) is 130 cm³/mol. The molecule has 1 fully saturated rings. The molecule has 2 atom stereocenters. The number of ether oxygens (including phenoxy) is 1. The van der Waals surface area contributed by atoms with Gasteiger partial charge in [0.15, 0.2) is 0 Å². The second-order valence-corrected chi connectivity index (χ2v) is 10.6. The van der Waals surface area contributed by atoms with Crippen molar-refractivity contribution in [3.05, 3.63) is 74.5 Å². The molecule has 3 heterocycles. The molecule has 1 saturated heterocycles. The highest BCUT2D eigenvalue weighted by molar-refractivity contribution is 7.95.